The zero-order chi connectivity index (χ0) is 24.0. The molecule has 0 spiro atoms. The van der Waals surface area contributed by atoms with E-state index in [2.05, 4.69) is 14.7 Å². The number of anilines is 1. The third-order valence-corrected chi connectivity index (χ3v) is 10.0. The lowest BCUT2D eigenvalue weighted by atomic mass is 10.1. The molecule has 1 fully saturated rings. The molecule has 1 saturated carbocycles. The number of nitrogen functional groups attached to an aromatic ring is 1. The molecule has 5 rings (SSSR count). The van der Waals surface area contributed by atoms with Crippen molar-refractivity contribution < 1.29 is 13.0 Å². The van der Waals surface area contributed by atoms with Crippen molar-refractivity contribution in [3.05, 3.63) is 70.3 Å². The van der Waals surface area contributed by atoms with Crippen molar-refractivity contribution in [3.63, 3.8) is 0 Å². The monoisotopic (exact) mass is 532 g/mol. The van der Waals surface area contributed by atoms with Gasteiger partial charge in [0.2, 0.25) is 10.0 Å². The van der Waals surface area contributed by atoms with Crippen molar-refractivity contribution in [2.45, 2.75) is 29.0 Å². The number of aromatic nitrogens is 2. The van der Waals surface area contributed by atoms with Crippen LogP contribution in [0, 0.1) is 0 Å². The Morgan fingerprint density at radius 3 is 2.76 bits per heavy atom. The van der Waals surface area contributed by atoms with Crippen molar-refractivity contribution in [2.24, 2.45) is 0 Å². The molecule has 0 amide bonds. The second kappa shape index (κ2) is 9.10. The van der Waals surface area contributed by atoms with E-state index in [0.29, 0.717) is 34.1 Å². The van der Waals surface area contributed by atoms with Gasteiger partial charge in [-0.2, -0.15) is 0 Å². The average Bonchev–Trinajstić information content (AvgIpc) is 3.59. The first-order valence-corrected chi connectivity index (χ1v) is 14.8. The molecule has 0 radical (unpaired) electrons. The summed E-state index contributed by atoms with van der Waals surface area (Å²) in [4.78, 5) is 10.3. The summed E-state index contributed by atoms with van der Waals surface area (Å²) >= 11 is 6.75. The summed E-state index contributed by atoms with van der Waals surface area (Å²) in [6, 6.07) is 13.7. The standard InChI is InChI=1S/C23H21ClN4O3S3/c1-33(29)14-9-10-26-18(12-14)16-4-2-3-13-11-19(32-23(13)16)22(28-34(30,31)15-5-6-15)21-17(24)7-8-20(25)27-21/h2-4,7-12,15,22,28H,5-6H2,1H3,(H2,25,27). The zero-order valence-electron chi connectivity index (χ0n) is 18.1. The maximum absolute atomic E-state index is 12.9. The van der Waals surface area contributed by atoms with Gasteiger partial charge in [0.1, 0.15) is 12.1 Å². The van der Waals surface area contributed by atoms with Gasteiger partial charge in [0.25, 0.3) is 0 Å². The highest BCUT2D eigenvalue weighted by Crippen LogP contribution is 2.41. The summed E-state index contributed by atoms with van der Waals surface area (Å²) in [6.45, 7) is 0. The second-order valence-electron chi connectivity index (χ2n) is 8.10. The molecule has 1 aliphatic rings. The molecule has 4 aromatic rings. The molecule has 2 atom stereocenters. The van der Waals surface area contributed by atoms with E-state index in [-0.39, 0.29) is 5.82 Å². The minimum Gasteiger partial charge on any atom is -0.612 e. The van der Waals surface area contributed by atoms with E-state index in [0.717, 1.165) is 20.5 Å². The summed E-state index contributed by atoms with van der Waals surface area (Å²) in [6.07, 6.45) is 4.54. The van der Waals surface area contributed by atoms with Crippen LogP contribution in [-0.4, -0.2) is 34.4 Å². The Morgan fingerprint density at radius 2 is 2.03 bits per heavy atom. The number of fused-ring (bicyclic) bond motifs is 1. The molecule has 0 aliphatic heterocycles. The van der Waals surface area contributed by atoms with Crippen molar-refractivity contribution in [1.29, 1.82) is 0 Å². The van der Waals surface area contributed by atoms with Gasteiger partial charge in [-0.3, -0.25) is 4.98 Å². The second-order valence-corrected chi connectivity index (χ2v) is 13.0. The van der Waals surface area contributed by atoms with Crippen LogP contribution in [0.3, 0.4) is 0 Å². The zero-order valence-corrected chi connectivity index (χ0v) is 21.3. The number of benzene rings is 1. The van der Waals surface area contributed by atoms with Crippen LogP contribution in [-0.2, 0) is 21.2 Å². The number of pyridine rings is 2. The Labute approximate surface area is 209 Å². The molecular weight excluding hydrogens is 512 g/mol. The number of nitrogens with two attached hydrogens (primary N) is 1. The fourth-order valence-corrected chi connectivity index (χ4v) is 7.30. The topological polar surface area (TPSA) is 121 Å². The minimum atomic E-state index is -3.56. The number of nitrogens with one attached hydrogen (secondary N) is 1. The fraction of sp³-hybridized carbons (Fsp3) is 0.217. The molecule has 0 bridgehead atoms. The van der Waals surface area contributed by atoms with Crippen LogP contribution < -0.4 is 10.5 Å². The van der Waals surface area contributed by atoms with Gasteiger partial charge in [0.05, 0.1) is 27.7 Å². The van der Waals surface area contributed by atoms with Crippen LogP contribution in [0.1, 0.15) is 29.5 Å². The first-order valence-electron chi connectivity index (χ1n) is 10.5. The molecular formula is C23H21ClN4O3S3. The number of halogens is 1. The number of rotatable bonds is 7. The highest BCUT2D eigenvalue weighted by atomic mass is 35.5. The number of thiophene rings is 1. The molecule has 11 heteroatoms. The van der Waals surface area contributed by atoms with Gasteiger partial charge in [-0.1, -0.05) is 29.8 Å². The predicted octanol–water partition coefficient (Wildman–Crippen LogP) is 4.50. The van der Waals surface area contributed by atoms with Crippen LogP contribution >= 0.6 is 22.9 Å². The Bertz CT molecular complexity index is 1490. The molecule has 34 heavy (non-hydrogen) atoms. The number of sulfonamides is 1. The van der Waals surface area contributed by atoms with Crippen LogP contribution in [0.25, 0.3) is 21.3 Å². The SMILES string of the molecule is C[S+]([O-])c1ccnc(-c2cccc3cc(C(NS(=O)(=O)C4CC4)c4nc(N)ccc4Cl)sc23)c1. The quantitative estimate of drug-likeness (QED) is 0.338. The number of hydrogen-bond acceptors (Lipinski definition) is 7. The number of hydrogen-bond donors (Lipinski definition) is 2. The highest BCUT2D eigenvalue weighted by molar-refractivity contribution is 7.90. The average molecular weight is 533 g/mol. The molecule has 3 aromatic heterocycles. The van der Waals surface area contributed by atoms with Gasteiger partial charge < -0.3 is 10.3 Å². The van der Waals surface area contributed by atoms with E-state index in [4.69, 9.17) is 17.3 Å². The third kappa shape index (κ3) is 4.66. The van der Waals surface area contributed by atoms with Crippen molar-refractivity contribution in [3.8, 4) is 11.3 Å². The molecule has 3 N–H and O–H groups in total. The lowest BCUT2D eigenvalue weighted by Gasteiger charge is -2.18. The largest absolute Gasteiger partial charge is 0.612 e. The van der Waals surface area contributed by atoms with E-state index < -0.39 is 32.5 Å². The van der Waals surface area contributed by atoms with Crippen LogP contribution in [0.15, 0.2) is 59.6 Å². The van der Waals surface area contributed by atoms with Crippen molar-refractivity contribution in [1.82, 2.24) is 14.7 Å². The minimum absolute atomic E-state index is 0.255. The van der Waals surface area contributed by atoms with Gasteiger partial charge in [0, 0.05) is 33.5 Å². The van der Waals surface area contributed by atoms with E-state index in [1.807, 2.05) is 30.3 Å². The summed E-state index contributed by atoms with van der Waals surface area (Å²) in [7, 11) is -3.56. The molecule has 176 valence electrons. The Hall–Kier alpha value is -2.21. The summed E-state index contributed by atoms with van der Waals surface area (Å²) in [5.74, 6) is 0.255. The molecule has 0 saturated heterocycles. The van der Waals surface area contributed by atoms with Crippen LogP contribution in [0.5, 0.6) is 0 Å². The smallest absolute Gasteiger partial charge is 0.215 e. The lowest BCUT2D eigenvalue weighted by Crippen LogP contribution is -2.32. The molecule has 1 aromatic carbocycles. The molecule has 2 unspecified atom stereocenters. The van der Waals surface area contributed by atoms with E-state index in [1.54, 1.807) is 30.7 Å². The Balaban J connectivity index is 1.65. The van der Waals surface area contributed by atoms with Gasteiger partial charge in [0.15, 0.2) is 4.90 Å². The van der Waals surface area contributed by atoms with Gasteiger partial charge in [-0.25, -0.2) is 18.1 Å². The van der Waals surface area contributed by atoms with E-state index in [9.17, 15) is 13.0 Å². The third-order valence-electron chi connectivity index (χ3n) is 5.60. The fourth-order valence-electron chi connectivity index (χ4n) is 3.73. The lowest BCUT2D eigenvalue weighted by molar-refractivity contribution is 0.570. The molecule has 3 heterocycles. The van der Waals surface area contributed by atoms with Crippen LogP contribution in [0.4, 0.5) is 5.82 Å². The summed E-state index contributed by atoms with van der Waals surface area (Å²) in [5, 5.41) is 0.856. The Morgan fingerprint density at radius 1 is 1.24 bits per heavy atom. The Kier molecular flexibility index (Phi) is 6.30. The van der Waals surface area contributed by atoms with E-state index >= 15 is 0 Å². The number of nitrogens with zero attached hydrogens (tertiary/aromatic N) is 2. The molecule has 1 aliphatic carbocycles. The van der Waals surface area contributed by atoms with Crippen molar-refractivity contribution >= 4 is 60.0 Å². The summed E-state index contributed by atoms with van der Waals surface area (Å²) in [5.41, 5.74) is 7.85. The normalized spacial score (nSPS) is 16.0. The predicted molar refractivity (Wildman–Crippen MR) is 138 cm³/mol. The highest BCUT2D eigenvalue weighted by Gasteiger charge is 2.38. The van der Waals surface area contributed by atoms with Gasteiger partial charge in [-0.15, -0.1) is 11.3 Å². The maximum Gasteiger partial charge on any atom is 0.215 e. The first kappa shape index (κ1) is 23.5. The van der Waals surface area contributed by atoms with E-state index in [1.165, 1.54) is 11.3 Å². The first-order chi connectivity index (χ1) is 16.2. The van der Waals surface area contributed by atoms with Crippen LogP contribution in [0.2, 0.25) is 5.02 Å². The molecule has 7 nitrogen and oxygen atoms in total. The van der Waals surface area contributed by atoms with Crippen molar-refractivity contribution in [2.75, 3.05) is 12.0 Å². The summed E-state index contributed by atoms with van der Waals surface area (Å²) < 4.78 is 41.5. The maximum atomic E-state index is 12.9. The van der Waals surface area contributed by atoms with Gasteiger partial charge in [-0.05, 0) is 47.6 Å². The van der Waals surface area contributed by atoms with Gasteiger partial charge >= 0.3 is 0 Å².